The van der Waals surface area contributed by atoms with Gasteiger partial charge in [0.25, 0.3) is 0 Å². The lowest BCUT2D eigenvalue weighted by Gasteiger charge is -2.20. The van der Waals surface area contributed by atoms with E-state index in [0.717, 1.165) is 44.9 Å². The molecule has 5 nitrogen and oxygen atoms in total. The zero-order chi connectivity index (χ0) is 19.1. The Morgan fingerprint density at radius 1 is 0.880 bits per heavy atom. The molecule has 25 heavy (non-hydrogen) atoms. The first-order valence-electron chi connectivity index (χ1n) is 9.98. The molecule has 0 aromatic rings. The molecule has 0 heterocycles. The molecule has 0 saturated carbocycles. The van der Waals surface area contributed by atoms with Gasteiger partial charge in [-0.3, -0.25) is 4.79 Å². The fourth-order valence-electron chi connectivity index (χ4n) is 2.82. The van der Waals surface area contributed by atoms with Crippen molar-refractivity contribution < 1.29 is 17.9 Å². The Morgan fingerprint density at radius 2 is 1.36 bits per heavy atom. The predicted molar refractivity (Wildman–Crippen MR) is 104 cm³/mol. The predicted octanol–water partition coefficient (Wildman–Crippen LogP) is 4.56. The monoisotopic (exact) mass is 377 g/mol. The molecule has 2 unspecified atom stereocenters. The van der Waals surface area contributed by atoms with E-state index in [1.54, 1.807) is 6.92 Å². The average Bonchev–Trinajstić information content (AvgIpc) is 2.59. The van der Waals surface area contributed by atoms with Crippen molar-refractivity contribution in [2.45, 2.75) is 109 Å². The minimum Gasteiger partial charge on any atom is -0.468 e. The number of rotatable bonds is 16. The molecule has 0 amide bonds. The number of methoxy groups -OCH3 is 1. The Hall–Kier alpha value is -0.620. The highest BCUT2D eigenvalue weighted by atomic mass is 32.2. The van der Waals surface area contributed by atoms with Crippen LogP contribution in [0.5, 0.6) is 0 Å². The Labute approximate surface area is 155 Å². The van der Waals surface area contributed by atoms with Gasteiger partial charge in [-0.1, -0.05) is 78.1 Å². The number of nitrogens with one attached hydrogen (secondary N) is 1. The molecule has 0 aliphatic rings. The number of hydrogen-bond donors (Lipinski definition) is 1. The van der Waals surface area contributed by atoms with Crippen molar-refractivity contribution in [2.75, 3.05) is 7.11 Å². The summed E-state index contributed by atoms with van der Waals surface area (Å²) in [6.07, 6.45) is 12.0. The maximum absolute atomic E-state index is 12.5. The van der Waals surface area contributed by atoms with Gasteiger partial charge in [0.2, 0.25) is 10.0 Å². The second kappa shape index (κ2) is 14.5. The van der Waals surface area contributed by atoms with Gasteiger partial charge in [-0.05, 0) is 19.8 Å². The molecule has 6 heteroatoms. The summed E-state index contributed by atoms with van der Waals surface area (Å²) in [5.74, 6) is -0.494. The number of hydrogen-bond acceptors (Lipinski definition) is 4. The molecule has 0 aliphatic carbocycles. The molecule has 0 rings (SSSR count). The van der Waals surface area contributed by atoms with E-state index >= 15 is 0 Å². The van der Waals surface area contributed by atoms with Crippen LogP contribution in [0.25, 0.3) is 0 Å². The molecule has 0 saturated heterocycles. The molecule has 0 radical (unpaired) electrons. The molecule has 0 aromatic heterocycles. The van der Waals surface area contributed by atoms with Gasteiger partial charge in [0.15, 0.2) is 0 Å². The molecule has 2 atom stereocenters. The molecule has 0 fully saturated rings. The minimum absolute atomic E-state index is 0.485. The zero-order valence-corrected chi connectivity index (χ0v) is 17.5. The summed E-state index contributed by atoms with van der Waals surface area (Å²) < 4.78 is 32.3. The Morgan fingerprint density at radius 3 is 1.92 bits per heavy atom. The maximum Gasteiger partial charge on any atom is 0.323 e. The van der Waals surface area contributed by atoms with Crippen LogP contribution in [0.3, 0.4) is 0 Å². The summed E-state index contributed by atoms with van der Waals surface area (Å²) in [4.78, 5) is 11.9. The average molecular weight is 378 g/mol. The van der Waals surface area contributed by atoms with Crippen LogP contribution in [0.2, 0.25) is 0 Å². The maximum atomic E-state index is 12.5. The second-order valence-electron chi connectivity index (χ2n) is 6.96. The van der Waals surface area contributed by atoms with Gasteiger partial charge in [0, 0.05) is 0 Å². The number of carbonyl (C=O) groups is 1. The molecule has 0 bridgehead atoms. The van der Waals surface area contributed by atoms with E-state index in [9.17, 15) is 13.2 Å². The number of esters is 1. The highest BCUT2D eigenvalue weighted by Gasteiger charge is 2.28. The fraction of sp³-hybridized carbons (Fsp3) is 0.947. The first-order chi connectivity index (χ1) is 11.9. The van der Waals surface area contributed by atoms with Crippen LogP contribution in [0.15, 0.2) is 0 Å². The Bertz CT molecular complexity index is 437. The van der Waals surface area contributed by atoms with E-state index < -0.39 is 27.3 Å². The lowest BCUT2D eigenvalue weighted by Crippen LogP contribution is -2.44. The molecule has 1 N–H and O–H groups in total. The normalized spacial score (nSPS) is 14.2. The van der Waals surface area contributed by atoms with E-state index in [-0.39, 0.29) is 0 Å². The largest absolute Gasteiger partial charge is 0.468 e. The summed E-state index contributed by atoms with van der Waals surface area (Å²) in [5, 5.41) is -0.485. The number of sulfonamides is 1. The van der Waals surface area contributed by atoms with Gasteiger partial charge in [-0.2, -0.15) is 0 Å². The smallest absolute Gasteiger partial charge is 0.323 e. The molecular weight excluding hydrogens is 338 g/mol. The van der Waals surface area contributed by atoms with Gasteiger partial charge in [0.1, 0.15) is 6.04 Å². The highest BCUT2D eigenvalue weighted by Crippen LogP contribution is 2.14. The SMILES string of the molecule is CCCCCCCCC(C)S(=O)(=O)NC(CCCCCC)C(=O)OC. The summed E-state index contributed by atoms with van der Waals surface area (Å²) in [6, 6.07) is -0.765. The Kier molecular flexibility index (Phi) is 14.2. The third-order valence-corrected chi connectivity index (χ3v) is 6.54. The third kappa shape index (κ3) is 11.6. The lowest BCUT2D eigenvalue weighted by molar-refractivity contribution is -0.142. The molecule has 0 aliphatic heterocycles. The summed E-state index contributed by atoms with van der Waals surface area (Å²) in [5.41, 5.74) is 0. The molecule has 0 spiro atoms. The van der Waals surface area contributed by atoms with Crippen molar-refractivity contribution in [2.24, 2.45) is 0 Å². The molecule has 0 aromatic carbocycles. The van der Waals surface area contributed by atoms with Crippen molar-refractivity contribution in [3.8, 4) is 0 Å². The van der Waals surface area contributed by atoms with Crippen LogP contribution >= 0.6 is 0 Å². The van der Waals surface area contributed by atoms with E-state index in [0.29, 0.717) is 12.8 Å². The van der Waals surface area contributed by atoms with Crippen LogP contribution in [-0.4, -0.2) is 32.8 Å². The van der Waals surface area contributed by atoms with E-state index in [2.05, 4.69) is 18.6 Å². The minimum atomic E-state index is -3.51. The first kappa shape index (κ1) is 24.4. The molecular formula is C19H39NO4S. The van der Waals surface area contributed by atoms with Crippen molar-refractivity contribution in [1.29, 1.82) is 0 Å². The second-order valence-corrected chi connectivity index (χ2v) is 9.09. The van der Waals surface area contributed by atoms with Gasteiger partial charge >= 0.3 is 5.97 Å². The van der Waals surface area contributed by atoms with Crippen molar-refractivity contribution in [1.82, 2.24) is 4.72 Å². The third-order valence-electron chi connectivity index (χ3n) is 4.63. The van der Waals surface area contributed by atoms with E-state index in [4.69, 9.17) is 4.74 Å². The van der Waals surface area contributed by atoms with Gasteiger partial charge in [-0.25, -0.2) is 13.1 Å². The zero-order valence-electron chi connectivity index (χ0n) is 16.7. The summed E-state index contributed by atoms with van der Waals surface area (Å²) in [7, 11) is -2.20. The van der Waals surface area contributed by atoms with Gasteiger partial charge < -0.3 is 4.74 Å². The highest BCUT2D eigenvalue weighted by molar-refractivity contribution is 7.90. The number of unbranched alkanes of at least 4 members (excludes halogenated alkanes) is 8. The summed E-state index contributed by atoms with van der Waals surface area (Å²) >= 11 is 0. The van der Waals surface area contributed by atoms with Crippen molar-refractivity contribution in [3.63, 3.8) is 0 Å². The van der Waals surface area contributed by atoms with Crippen LogP contribution in [0.4, 0.5) is 0 Å². The first-order valence-corrected chi connectivity index (χ1v) is 11.5. The number of carbonyl (C=O) groups excluding carboxylic acids is 1. The van der Waals surface area contributed by atoms with E-state index in [1.807, 2.05) is 0 Å². The molecule has 150 valence electrons. The standard InChI is InChI=1S/C19H39NO4S/c1-5-7-9-11-12-13-15-17(3)25(22,23)20-18(19(21)24-4)16-14-10-8-6-2/h17-18,20H,5-16H2,1-4H3. The van der Waals surface area contributed by atoms with Gasteiger partial charge in [-0.15, -0.1) is 0 Å². The summed E-state index contributed by atoms with van der Waals surface area (Å²) in [6.45, 7) is 6.02. The van der Waals surface area contributed by atoms with Crippen LogP contribution < -0.4 is 4.72 Å². The van der Waals surface area contributed by atoms with Crippen molar-refractivity contribution in [3.05, 3.63) is 0 Å². The van der Waals surface area contributed by atoms with Crippen LogP contribution in [-0.2, 0) is 19.6 Å². The van der Waals surface area contributed by atoms with E-state index in [1.165, 1.54) is 26.4 Å². The topological polar surface area (TPSA) is 72.5 Å². The number of ether oxygens (including phenoxy) is 1. The Balaban J connectivity index is 4.40. The van der Waals surface area contributed by atoms with Crippen molar-refractivity contribution >= 4 is 16.0 Å². The van der Waals surface area contributed by atoms with Crippen LogP contribution in [0.1, 0.15) is 97.8 Å². The van der Waals surface area contributed by atoms with Gasteiger partial charge in [0.05, 0.1) is 12.4 Å². The fourth-order valence-corrected chi connectivity index (χ4v) is 4.14. The lowest BCUT2D eigenvalue weighted by atomic mass is 10.1. The quantitative estimate of drug-likeness (QED) is 0.316. The van der Waals surface area contributed by atoms with Crippen LogP contribution in [0, 0.1) is 0 Å².